The van der Waals surface area contributed by atoms with Crippen LogP contribution in [0.1, 0.15) is 5.56 Å². The van der Waals surface area contributed by atoms with Crippen molar-refractivity contribution in [3.8, 4) is 0 Å². The Bertz CT molecular complexity index is 961. The molecule has 2 heteroatoms. The Morgan fingerprint density at radius 2 is 1.50 bits per heavy atom. The molecule has 3 aromatic carbocycles. The van der Waals surface area contributed by atoms with Gasteiger partial charge in [0.15, 0.2) is 0 Å². The first kappa shape index (κ1) is 12.8. The maximum Gasteiger partial charge on any atom is 0.361 e. The number of hydrogen-bond acceptors (Lipinski definition) is 1. The Hall–Kier alpha value is -2.87. The molecule has 4 aromatic rings. The summed E-state index contributed by atoms with van der Waals surface area (Å²) in [4.78, 5) is 0. The lowest BCUT2D eigenvalue weighted by Crippen LogP contribution is -1.93. The molecule has 1 N–H and O–H groups in total. The number of nitrogens with one attached hydrogen (secondary N) is 1. The van der Waals surface area contributed by atoms with Crippen molar-refractivity contribution < 1.29 is 4.42 Å². The third-order valence-electron chi connectivity index (χ3n) is 3.86. The molecule has 0 fully saturated rings. The SMILES string of the molecule is Cc1cc2[o+]c3ccccc3cc2cc1Nc1ccccc1. The van der Waals surface area contributed by atoms with Crippen molar-refractivity contribution in [3.05, 3.63) is 78.4 Å². The summed E-state index contributed by atoms with van der Waals surface area (Å²) in [6, 6.07) is 24.7. The molecule has 0 saturated heterocycles. The molecule has 0 aliphatic carbocycles. The number of benzene rings is 3. The van der Waals surface area contributed by atoms with Gasteiger partial charge in [0.1, 0.15) is 0 Å². The molecule has 0 atom stereocenters. The van der Waals surface area contributed by atoms with Gasteiger partial charge in [0.25, 0.3) is 0 Å². The molecule has 106 valence electrons. The van der Waals surface area contributed by atoms with E-state index in [1.165, 1.54) is 0 Å². The molecular weight excluding hydrogens is 270 g/mol. The van der Waals surface area contributed by atoms with Gasteiger partial charge in [-0.3, -0.25) is 0 Å². The van der Waals surface area contributed by atoms with Gasteiger partial charge >= 0.3 is 11.2 Å². The Morgan fingerprint density at radius 3 is 2.36 bits per heavy atom. The van der Waals surface area contributed by atoms with Gasteiger partial charge in [-0.1, -0.05) is 30.3 Å². The van der Waals surface area contributed by atoms with Crippen LogP contribution < -0.4 is 5.32 Å². The molecule has 0 aliphatic rings. The fraction of sp³-hybridized carbons (Fsp3) is 0.0500. The van der Waals surface area contributed by atoms with Crippen molar-refractivity contribution in [3.63, 3.8) is 0 Å². The second-order valence-electron chi connectivity index (χ2n) is 5.48. The highest BCUT2D eigenvalue weighted by molar-refractivity contribution is 5.92. The van der Waals surface area contributed by atoms with Gasteiger partial charge in [-0.2, -0.15) is 0 Å². The van der Waals surface area contributed by atoms with Crippen molar-refractivity contribution in [2.75, 3.05) is 5.32 Å². The first-order valence-corrected chi connectivity index (χ1v) is 7.38. The van der Waals surface area contributed by atoms with Crippen molar-refractivity contribution in [1.82, 2.24) is 0 Å². The van der Waals surface area contributed by atoms with Crippen LogP contribution in [0.5, 0.6) is 0 Å². The predicted molar refractivity (Wildman–Crippen MR) is 92.6 cm³/mol. The fourth-order valence-corrected chi connectivity index (χ4v) is 2.69. The third-order valence-corrected chi connectivity index (χ3v) is 3.86. The molecule has 1 heterocycles. The van der Waals surface area contributed by atoms with E-state index in [4.69, 9.17) is 4.42 Å². The highest BCUT2D eigenvalue weighted by Crippen LogP contribution is 2.29. The van der Waals surface area contributed by atoms with Crippen LogP contribution in [0, 0.1) is 6.92 Å². The zero-order valence-electron chi connectivity index (χ0n) is 12.3. The molecule has 4 rings (SSSR count). The first-order chi connectivity index (χ1) is 10.8. The van der Waals surface area contributed by atoms with Crippen LogP contribution >= 0.6 is 0 Å². The third kappa shape index (κ3) is 2.29. The molecular formula is C20H16NO+. The van der Waals surface area contributed by atoms with E-state index in [0.29, 0.717) is 0 Å². The largest absolute Gasteiger partial charge is 0.361 e. The van der Waals surface area contributed by atoms with Gasteiger partial charge in [0.05, 0.1) is 10.8 Å². The number of hydrogen-bond donors (Lipinski definition) is 1. The van der Waals surface area contributed by atoms with E-state index in [1.807, 2.05) is 36.4 Å². The smallest absolute Gasteiger partial charge is 0.355 e. The van der Waals surface area contributed by atoms with Crippen molar-refractivity contribution in [2.45, 2.75) is 6.92 Å². The van der Waals surface area contributed by atoms with E-state index >= 15 is 0 Å². The van der Waals surface area contributed by atoms with Gasteiger partial charge in [0, 0.05) is 23.5 Å². The minimum absolute atomic E-state index is 0.912. The molecule has 0 aliphatic heterocycles. The summed E-state index contributed by atoms with van der Waals surface area (Å²) in [6.45, 7) is 2.09. The quantitative estimate of drug-likeness (QED) is 0.365. The Balaban J connectivity index is 1.86. The average Bonchev–Trinajstić information content (AvgIpc) is 2.55. The lowest BCUT2D eigenvalue weighted by molar-refractivity contribution is 0.660. The molecule has 22 heavy (non-hydrogen) atoms. The fourth-order valence-electron chi connectivity index (χ4n) is 2.69. The Labute approximate surface area is 129 Å². The van der Waals surface area contributed by atoms with E-state index in [2.05, 4.69) is 48.6 Å². The van der Waals surface area contributed by atoms with E-state index < -0.39 is 0 Å². The summed E-state index contributed by atoms with van der Waals surface area (Å²) in [6.07, 6.45) is 0. The lowest BCUT2D eigenvalue weighted by atomic mass is 10.1. The first-order valence-electron chi connectivity index (χ1n) is 7.38. The molecule has 0 saturated carbocycles. The number of fused-ring (bicyclic) bond motifs is 2. The molecule has 0 spiro atoms. The second-order valence-corrected chi connectivity index (χ2v) is 5.48. The standard InChI is InChI=1S/C20H16NO/c1-14-11-20-16(12-15-7-5-6-10-19(15)22-20)13-18(14)21-17-8-3-2-4-9-17/h2-13,21H,1H3/q+1. The number of rotatable bonds is 2. The van der Waals surface area contributed by atoms with Crippen LogP contribution in [-0.4, -0.2) is 0 Å². The predicted octanol–water partition coefficient (Wildman–Crippen LogP) is 5.92. The zero-order valence-corrected chi connectivity index (χ0v) is 12.3. The van der Waals surface area contributed by atoms with Crippen LogP contribution in [-0.2, 0) is 0 Å². The van der Waals surface area contributed by atoms with Crippen LogP contribution in [0.2, 0.25) is 0 Å². The van der Waals surface area contributed by atoms with Gasteiger partial charge in [0.2, 0.25) is 0 Å². The van der Waals surface area contributed by atoms with E-state index in [1.54, 1.807) is 0 Å². The summed E-state index contributed by atoms with van der Waals surface area (Å²) >= 11 is 0. The maximum absolute atomic E-state index is 6.00. The van der Waals surface area contributed by atoms with Gasteiger partial charge in [-0.25, -0.2) is 4.42 Å². The van der Waals surface area contributed by atoms with Gasteiger partial charge in [-0.05, 0) is 42.8 Å². The van der Waals surface area contributed by atoms with Gasteiger partial charge in [-0.15, -0.1) is 0 Å². The summed E-state index contributed by atoms with van der Waals surface area (Å²) in [5.74, 6) is 0. The number of para-hydroxylation sites is 2. The molecule has 0 amide bonds. The van der Waals surface area contributed by atoms with Crippen LogP contribution in [0.4, 0.5) is 11.4 Å². The summed E-state index contributed by atoms with van der Waals surface area (Å²) in [5.41, 5.74) is 5.18. The highest BCUT2D eigenvalue weighted by Gasteiger charge is 2.13. The van der Waals surface area contributed by atoms with Crippen molar-refractivity contribution >= 4 is 33.3 Å². The monoisotopic (exact) mass is 286 g/mol. The molecule has 0 unspecified atom stereocenters. The topological polar surface area (TPSA) is 23.3 Å². The molecule has 2 nitrogen and oxygen atoms in total. The molecule has 0 bridgehead atoms. The summed E-state index contributed by atoms with van der Waals surface area (Å²) in [7, 11) is 0. The minimum Gasteiger partial charge on any atom is -0.355 e. The second kappa shape index (κ2) is 5.15. The van der Waals surface area contributed by atoms with Crippen LogP contribution in [0.15, 0.2) is 77.2 Å². The van der Waals surface area contributed by atoms with E-state index in [0.717, 1.165) is 38.9 Å². The Morgan fingerprint density at radius 1 is 0.727 bits per heavy atom. The van der Waals surface area contributed by atoms with Crippen molar-refractivity contribution in [2.24, 2.45) is 0 Å². The van der Waals surface area contributed by atoms with E-state index in [9.17, 15) is 0 Å². The lowest BCUT2D eigenvalue weighted by Gasteiger charge is -2.09. The molecule has 1 aromatic heterocycles. The zero-order chi connectivity index (χ0) is 14.9. The number of aryl methyl sites for hydroxylation is 1. The molecule has 0 radical (unpaired) electrons. The summed E-state index contributed by atoms with van der Waals surface area (Å²) in [5, 5.41) is 5.69. The summed E-state index contributed by atoms with van der Waals surface area (Å²) < 4.78 is 6.00. The normalized spacial score (nSPS) is 11.0. The van der Waals surface area contributed by atoms with Crippen LogP contribution in [0.3, 0.4) is 0 Å². The van der Waals surface area contributed by atoms with Crippen molar-refractivity contribution in [1.29, 1.82) is 0 Å². The maximum atomic E-state index is 6.00. The average molecular weight is 286 g/mol. The van der Waals surface area contributed by atoms with Crippen LogP contribution in [0.25, 0.3) is 21.9 Å². The van der Waals surface area contributed by atoms with E-state index in [-0.39, 0.29) is 0 Å². The van der Waals surface area contributed by atoms with Gasteiger partial charge < -0.3 is 5.32 Å². The highest BCUT2D eigenvalue weighted by atomic mass is 16.3. The minimum atomic E-state index is 0.912. The Kier molecular flexibility index (Phi) is 3.01. The number of anilines is 2.